The van der Waals surface area contributed by atoms with Gasteiger partial charge in [0, 0.05) is 29.6 Å². The van der Waals surface area contributed by atoms with Crippen LogP contribution in [0.25, 0.3) is 11.3 Å². The summed E-state index contributed by atoms with van der Waals surface area (Å²) in [5.74, 6) is -1.15. The molecule has 0 atom stereocenters. The Hall–Kier alpha value is -2.39. The van der Waals surface area contributed by atoms with Gasteiger partial charge in [-0.25, -0.2) is 22.2 Å². The molecule has 1 aliphatic heterocycles. The third-order valence-electron chi connectivity index (χ3n) is 4.13. The van der Waals surface area contributed by atoms with Gasteiger partial charge in [0.2, 0.25) is 10.0 Å². The number of anilines is 1. The van der Waals surface area contributed by atoms with Crippen LogP contribution in [0.3, 0.4) is 0 Å². The number of imidazole rings is 1. The molecular formula is C18H15F2N3O2S2. The molecule has 27 heavy (non-hydrogen) atoms. The quantitative estimate of drug-likeness (QED) is 0.697. The van der Waals surface area contributed by atoms with Crippen LogP contribution in [-0.4, -0.2) is 23.7 Å². The highest BCUT2D eigenvalue weighted by atomic mass is 32.2. The highest BCUT2D eigenvalue weighted by Gasteiger charge is 2.20. The molecule has 0 saturated heterocycles. The standard InChI is InChI=1S/C18H15F2N3O2S2/c19-13-5-6-15(20)12(9-13)11-27(24,25)22-16-4-2-1-3-14(16)17-10-23-7-8-26-18(23)21-17/h1-6,9-10,22H,7-8,11H2. The van der Waals surface area contributed by atoms with E-state index in [1.807, 2.05) is 10.8 Å². The Labute approximate surface area is 159 Å². The number of rotatable bonds is 5. The number of fused-ring (bicyclic) bond motifs is 1. The second-order valence-corrected chi connectivity index (χ2v) is 8.88. The normalized spacial score (nSPS) is 13.6. The van der Waals surface area contributed by atoms with Crippen molar-refractivity contribution in [2.45, 2.75) is 17.5 Å². The lowest BCUT2D eigenvalue weighted by Gasteiger charge is -2.12. The van der Waals surface area contributed by atoms with Crippen LogP contribution in [0.1, 0.15) is 5.56 Å². The van der Waals surface area contributed by atoms with Crippen molar-refractivity contribution >= 4 is 27.5 Å². The lowest BCUT2D eigenvalue weighted by molar-refractivity contribution is 0.581. The van der Waals surface area contributed by atoms with Crippen LogP contribution in [0.5, 0.6) is 0 Å². The molecule has 0 radical (unpaired) electrons. The summed E-state index contributed by atoms with van der Waals surface area (Å²) in [7, 11) is -3.95. The summed E-state index contributed by atoms with van der Waals surface area (Å²) in [4.78, 5) is 4.54. The molecule has 4 rings (SSSR count). The second-order valence-electron chi connectivity index (χ2n) is 6.09. The van der Waals surface area contributed by atoms with Crippen LogP contribution < -0.4 is 4.72 Å². The molecule has 9 heteroatoms. The molecule has 0 saturated carbocycles. The smallest absolute Gasteiger partial charge is 0.237 e. The van der Waals surface area contributed by atoms with Gasteiger partial charge in [0.1, 0.15) is 11.6 Å². The Morgan fingerprint density at radius 2 is 2.00 bits per heavy atom. The van der Waals surface area contributed by atoms with E-state index >= 15 is 0 Å². The molecule has 5 nitrogen and oxygen atoms in total. The first-order valence-electron chi connectivity index (χ1n) is 8.15. The second kappa shape index (κ2) is 6.97. The third kappa shape index (κ3) is 3.84. The van der Waals surface area contributed by atoms with Gasteiger partial charge in [0.15, 0.2) is 5.16 Å². The monoisotopic (exact) mass is 407 g/mol. The van der Waals surface area contributed by atoms with Gasteiger partial charge in [-0.1, -0.05) is 30.0 Å². The lowest BCUT2D eigenvalue weighted by Crippen LogP contribution is -2.16. The average Bonchev–Trinajstić information content (AvgIpc) is 3.20. The summed E-state index contributed by atoms with van der Waals surface area (Å²) >= 11 is 1.64. The largest absolute Gasteiger partial charge is 0.325 e. The Morgan fingerprint density at radius 1 is 1.19 bits per heavy atom. The molecular weight excluding hydrogens is 392 g/mol. The minimum atomic E-state index is -3.95. The number of halogens is 2. The van der Waals surface area contributed by atoms with E-state index in [1.165, 1.54) is 0 Å². The molecule has 1 N–H and O–H groups in total. The summed E-state index contributed by atoms with van der Waals surface area (Å²) < 4.78 is 56.7. The lowest BCUT2D eigenvalue weighted by atomic mass is 10.1. The van der Waals surface area contributed by atoms with Crippen LogP contribution in [0.2, 0.25) is 0 Å². The van der Waals surface area contributed by atoms with Crippen molar-refractivity contribution in [3.05, 3.63) is 65.9 Å². The number of aryl methyl sites for hydroxylation is 1. The van der Waals surface area contributed by atoms with E-state index < -0.39 is 27.4 Å². The summed E-state index contributed by atoms with van der Waals surface area (Å²) in [5.41, 5.74) is 1.41. The first-order chi connectivity index (χ1) is 12.9. The van der Waals surface area contributed by atoms with E-state index in [2.05, 4.69) is 9.71 Å². The van der Waals surface area contributed by atoms with Gasteiger partial charge < -0.3 is 4.57 Å². The first kappa shape index (κ1) is 18.0. The van der Waals surface area contributed by atoms with Crippen LogP contribution in [0, 0.1) is 11.6 Å². The van der Waals surface area contributed by atoms with Crippen molar-refractivity contribution in [2.75, 3.05) is 10.5 Å². The van der Waals surface area contributed by atoms with Crippen molar-refractivity contribution in [3.8, 4) is 11.3 Å². The number of nitrogens with zero attached hydrogens (tertiary/aromatic N) is 2. The molecule has 0 fully saturated rings. The van der Waals surface area contributed by atoms with Gasteiger partial charge in [0.05, 0.1) is 17.1 Å². The van der Waals surface area contributed by atoms with Crippen molar-refractivity contribution in [3.63, 3.8) is 0 Å². The maximum absolute atomic E-state index is 13.8. The predicted octanol–water partition coefficient (Wildman–Crippen LogP) is 3.88. The topological polar surface area (TPSA) is 64.0 Å². The fraction of sp³-hybridized carbons (Fsp3) is 0.167. The maximum Gasteiger partial charge on any atom is 0.237 e. The summed E-state index contributed by atoms with van der Waals surface area (Å²) in [5, 5.41) is 0.893. The zero-order valence-electron chi connectivity index (χ0n) is 14.0. The van der Waals surface area contributed by atoms with Crippen molar-refractivity contribution in [2.24, 2.45) is 0 Å². The number of hydrogen-bond acceptors (Lipinski definition) is 4. The van der Waals surface area contributed by atoms with E-state index in [9.17, 15) is 17.2 Å². The molecule has 140 valence electrons. The number of hydrogen-bond donors (Lipinski definition) is 1. The highest BCUT2D eigenvalue weighted by molar-refractivity contribution is 7.99. The van der Waals surface area contributed by atoms with Gasteiger partial charge >= 0.3 is 0 Å². The summed E-state index contributed by atoms with van der Waals surface area (Å²) in [6.45, 7) is 0.861. The van der Waals surface area contributed by atoms with Gasteiger partial charge in [-0.05, 0) is 24.3 Å². The van der Waals surface area contributed by atoms with Gasteiger partial charge in [-0.3, -0.25) is 4.72 Å². The fourth-order valence-corrected chi connectivity index (χ4v) is 5.06. The number of aromatic nitrogens is 2. The van der Waals surface area contributed by atoms with Crippen LogP contribution in [0.4, 0.5) is 14.5 Å². The average molecular weight is 407 g/mol. The van der Waals surface area contributed by atoms with E-state index in [1.54, 1.807) is 36.0 Å². The molecule has 2 heterocycles. The molecule has 3 aromatic rings. The van der Waals surface area contributed by atoms with E-state index in [0.717, 1.165) is 35.7 Å². The zero-order chi connectivity index (χ0) is 19.0. The third-order valence-corrected chi connectivity index (χ3v) is 6.32. The number of nitrogens with one attached hydrogen (secondary N) is 1. The number of benzene rings is 2. The minimum Gasteiger partial charge on any atom is -0.325 e. The van der Waals surface area contributed by atoms with Crippen molar-refractivity contribution in [1.82, 2.24) is 9.55 Å². The Kier molecular flexibility index (Phi) is 4.65. The maximum atomic E-state index is 13.8. The molecule has 0 amide bonds. The molecule has 0 bridgehead atoms. The molecule has 0 unspecified atom stereocenters. The van der Waals surface area contributed by atoms with Gasteiger partial charge in [0.25, 0.3) is 0 Å². The Morgan fingerprint density at radius 3 is 2.81 bits per heavy atom. The number of sulfonamides is 1. The molecule has 2 aromatic carbocycles. The van der Waals surface area contributed by atoms with E-state index in [-0.39, 0.29) is 5.56 Å². The van der Waals surface area contributed by atoms with Gasteiger partial charge in [-0.2, -0.15) is 0 Å². The summed E-state index contributed by atoms with van der Waals surface area (Å²) in [6.07, 6.45) is 1.88. The number of para-hydroxylation sites is 1. The van der Waals surface area contributed by atoms with E-state index in [0.29, 0.717) is 16.9 Å². The van der Waals surface area contributed by atoms with Crippen LogP contribution in [-0.2, 0) is 22.3 Å². The highest BCUT2D eigenvalue weighted by Crippen LogP contribution is 2.33. The molecule has 0 spiro atoms. The SMILES string of the molecule is O=S(=O)(Cc1cc(F)ccc1F)Nc1ccccc1-c1cn2c(n1)SCC2. The van der Waals surface area contributed by atoms with E-state index in [4.69, 9.17) is 0 Å². The van der Waals surface area contributed by atoms with Gasteiger partial charge in [-0.15, -0.1) is 0 Å². The van der Waals surface area contributed by atoms with Crippen LogP contribution >= 0.6 is 11.8 Å². The molecule has 0 aliphatic carbocycles. The Bertz CT molecular complexity index is 1090. The molecule has 1 aromatic heterocycles. The summed E-state index contributed by atoms with van der Waals surface area (Å²) in [6, 6.07) is 9.62. The minimum absolute atomic E-state index is 0.225. The Balaban J connectivity index is 1.63. The van der Waals surface area contributed by atoms with Crippen LogP contribution in [0.15, 0.2) is 53.8 Å². The van der Waals surface area contributed by atoms with Crippen molar-refractivity contribution < 1.29 is 17.2 Å². The van der Waals surface area contributed by atoms with Crippen molar-refractivity contribution in [1.29, 1.82) is 0 Å². The first-order valence-corrected chi connectivity index (χ1v) is 10.8. The zero-order valence-corrected chi connectivity index (χ0v) is 15.7. The predicted molar refractivity (Wildman–Crippen MR) is 101 cm³/mol. The fourth-order valence-electron chi connectivity index (χ4n) is 2.90. The number of thioether (sulfide) groups is 1. The molecule has 1 aliphatic rings.